The van der Waals surface area contributed by atoms with Gasteiger partial charge in [-0.3, -0.25) is 19.9 Å². The lowest BCUT2D eigenvalue weighted by Gasteiger charge is -2.37. The molecule has 1 aromatic carbocycles. The van der Waals surface area contributed by atoms with Gasteiger partial charge in [0, 0.05) is 51.4 Å². The SMILES string of the molecule is COc1ccc(CN2CCN(C3CCNC3)CC2)cc1[N+](=O)[O-]. The van der Waals surface area contributed by atoms with Crippen LogP contribution in [0.1, 0.15) is 12.0 Å². The molecule has 0 bridgehead atoms. The molecule has 126 valence electrons. The van der Waals surface area contributed by atoms with E-state index < -0.39 is 0 Å². The highest BCUT2D eigenvalue weighted by molar-refractivity contribution is 5.48. The van der Waals surface area contributed by atoms with Gasteiger partial charge in [0.15, 0.2) is 5.75 Å². The van der Waals surface area contributed by atoms with Crippen LogP contribution in [0, 0.1) is 10.1 Å². The first-order valence-corrected chi connectivity index (χ1v) is 8.16. The van der Waals surface area contributed by atoms with Crippen molar-refractivity contribution in [3.05, 3.63) is 33.9 Å². The van der Waals surface area contributed by atoms with E-state index >= 15 is 0 Å². The summed E-state index contributed by atoms with van der Waals surface area (Å²) in [6.45, 7) is 7.15. The van der Waals surface area contributed by atoms with Crippen LogP contribution in [0.2, 0.25) is 0 Å². The lowest BCUT2D eigenvalue weighted by Crippen LogP contribution is -2.50. The molecular weight excluding hydrogens is 296 g/mol. The number of nitro groups is 1. The van der Waals surface area contributed by atoms with Gasteiger partial charge in [-0.25, -0.2) is 0 Å². The lowest BCUT2D eigenvalue weighted by molar-refractivity contribution is -0.385. The van der Waals surface area contributed by atoms with Gasteiger partial charge in [-0.1, -0.05) is 6.07 Å². The first-order valence-electron chi connectivity index (χ1n) is 8.16. The number of nitro benzene ring substituents is 1. The number of hydrogen-bond donors (Lipinski definition) is 1. The number of methoxy groups -OCH3 is 1. The minimum atomic E-state index is -0.382. The van der Waals surface area contributed by atoms with Crippen LogP contribution < -0.4 is 10.1 Å². The average Bonchev–Trinajstić information content (AvgIpc) is 3.10. The topological polar surface area (TPSA) is 70.9 Å². The summed E-state index contributed by atoms with van der Waals surface area (Å²) in [5.41, 5.74) is 1.01. The highest BCUT2D eigenvalue weighted by Crippen LogP contribution is 2.28. The first kappa shape index (κ1) is 16.2. The quantitative estimate of drug-likeness (QED) is 0.647. The van der Waals surface area contributed by atoms with Crippen molar-refractivity contribution in [3.63, 3.8) is 0 Å². The number of hydrogen-bond acceptors (Lipinski definition) is 6. The van der Waals surface area contributed by atoms with Gasteiger partial charge in [0.25, 0.3) is 0 Å². The smallest absolute Gasteiger partial charge is 0.311 e. The summed E-state index contributed by atoms with van der Waals surface area (Å²) in [5, 5.41) is 14.5. The molecule has 3 rings (SSSR count). The van der Waals surface area contributed by atoms with Crippen molar-refractivity contribution in [2.75, 3.05) is 46.4 Å². The molecule has 0 aliphatic carbocycles. The van der Waals surface area contributed by atoms with Crippen LogP contribution in [0.5, 0.6) is 5.75 Å². The maximum Gasteiger partial charge on any atom is 0.311 e. The number of rotatable bonds is 5. The van der Waals surface area contributed by atoms with E-state index in [4.69, 9.17) is 4.74 Å². The van der Waals surface area contributed by atoms with Crippen molar-refractivity contribution in [1.29, 1.82) is 0 Å². The molecular formula is C16H24N4O3. The highest BCUT2D eigenvalue weighted by atomic mass is 16.6. The second kappa shape index (κ2) is 7.25. The zero-order valence-electron chi connectivity index (χ0n) is 13.5. The Bertz CT molecular complexity index is 552. The number of benzene rings is 1. The van der Waals surface area contributed by atoms with Crippen LogP contribution in [0.25, 0.3) is 0 Å². The van der Waals surface area contributed by atoms with E-state index in [9.17, 15) is 10.1 Å². The third-order valence-electron chi connectivity index (χ3n) is 4.80. The molecule has 7 nitrogen and oxygen atoms in total. The molecule has 2 saturated heterocycles. The van der Waals surface area contributed by atoms with Gasteiger partial charge in [0.05, 0.1) is 12.0 Å². The van der Waals surface area contributed by atoms with E-state index in [1.54, 1.807) is 12.1 Å². The van der Waals surface area contributed by atoms with Crippen LogP contribution in [0.3, 0.4) is 0 Å². The van der Waals surface area contributed by atoms with Crippen LogP contribution in [-0.2, 0) is 6.54 Å². The number of piperazine rings is 1. The van der Waals surface area contributed by atoms with E-state index in [0.717, 1.165) is 51.4 Å². The Morgan fingerprint density at radius 2 is 2.13 bits per heavy atom. The summed E-state index contributed by atoms with van der Waals surface area (Å²) in [6.07, 6.45) is 1.24. The molecule has 1 atom stereocenters. The van der Waals surface area contributed by atoms with E-state index in [1.165, 1.54) is 13.5 Å². The summed E-state index contributed by atoms with van der Waals surface area (Å²) in [6, 6.07) is 5.92. The molecule has 1 N–H and O–H groups in total. The molecule has 2 aliphatic rings. The molecule has 0 aromatic heterocycles. The largest absolute Gasteiger partial charge is 0.490 e. The molecule has 0 spiro atoms. The van der Waals surface area contributed by atoms with E-state index in [2.05, 4.69) is 15.1 Å². The molecule has 0 radical (unpaired) electrons. The third kappa shape index (κ3) is 3.80. The molecule has 1 aromatic rings. The van der Waals surface area contributed by atoms with Crippen LogP contribution in [0.15, 0.2) is 18.2 Å². The molecule has 0 amide bonds. The highest BCUT2D eigenvalue weighted by Gasteiger charge is 2.26. The monoisotopic (exact) mass is 320 g/mol. The Hall–Kier alpha value is -1.70. The summed E-state index contributed by atoms with van der Waals surface area (Å²) < 4.78 is 5.05. The second-order valence-corrected chi connectivity index (χ2v) is 6.22. The minimum Gasteiger partial charge on any atom is -0.490 e. The zero-order chi connectivity index (χ0) is 16.2. The number of ether oxygens (including phenoxy) is 1. The maximum absolute atomic E-state index is 11.1. The molecule has 23 heavy (non-hydrogen) atoms. The maximum atomic E-state index is 11.1. The normalized spacial score (nSPS) is 23.1. The first-order chi connectivity index (χ1) is 11.2. The summed E-state index contributed by atoms with van der Waals surface area (Å²) in [7, 11) is 1.46. The minimum absolute atomic E-state index is 0.0423. The van der Waals surface area contributed by atoms with Crippen molar-refractivity contribution in [2.45, 2.75) is 19.0 Å². The summed E-state index contributed by atoms with van der Waals surface area (Å²) in [4.78, 5) is 15.7. The fraction of sp³-hybridized carbons (Fsp3) is 0.625. The third-order valence-corrected chi connectivity index (χ3v) is 4.80. The van der Waals surface area contributed by atoms with Crippen LogP contribution in [-0.4, -0.2) is 67.1 Å². The second-order valence-electron chi connectivity index (χ2n) is 6.22. The van der Waals surface area contributed by atoms with Crippen molar-refractivity contribution in [1.82, 2.24) is 15.1 Å². The van der Waals surface area contributed by atoms with Gasteiger partial charge in [-0.05, 0) is 24.6 Å². The summed E-state index contributed by atoms with van der Waals surface area (Å²) in [5.74, 6) is 0.317. The van der Waals surface area contributed by atoms with Gasteiger partial charge in [-0.2, -0.15) is 0 Å². The van der Waals surface area contributed by atoms with Crippen LogP contribution in [0.4, 0.5) is 5.69 Å². The number of nitrogens with zero attached hydrogens (tertiary/aromatic N) is 3. The van der Waals surface area contributed by atoms with Gasteiger partial charge >= 0.3 is 5.69 Å². The van der Waals surface area contributed by atoms with Gasteiger partial charge < -0.3 is 10.1 Å². The van der Waals surface area contributed by atoms with Gasteiger partial charge in [0.1, 0.15) is 0 Å². The molecule has 2 fully saturated rings. The fourth-order valence-electron chi connectivity index (χ4n) is 3.47. The molecule has 1 unspecified atom stereocenters. The zero-order valence-corrected chi connectivity index (χ0v) is 13.5. The Kier molecular flexibility index (Phi) is 5.09. The summed E-state index contributed by atoms with van der Waals surface area (Å²) >= 11 is 0. The van der Waals surface area contributed by atoms with Crippen molar-refractivity contribution >= 4 is 5.69 Å². The standard InChI is InChI=1S/C16H24N4O3/c1-23-16-3-2-13(10-15(16)20(21)22)12-18-6-8-19(9-7-18)14-4-5-17-11-14/h2-3,10,14,17H,4-9,11-12H2,1H3. The van der Waals surface area contributed by atoms with E-state index in [0.29, 0.717) is 11.8 Å². The van der Waals surface area contributed by atoms with Crippen LogP contribution >= 0.6 is 0 Å². The molecule has 2 heterocycles. The molecule has 7 heteroatoms. The Labute approximate surface area is 136 Å². The lowest BCUT2D eigenvalue weighted by atomic mass is 10.1. The van der Waals surface area contributed by atoms with Crippen molar-refractivity contribution < 1.29 is 9.66 Å². The number of nitrogens with one attached hydrogen (secondary N) is 1. The predicted molar refractivity (Wildman–Crippen MR) is 87.8 cm³/mol. The Morgan fingerprint density at radius 3 is 2.74 bits per heavy atom. The van der Waals surface area contributed by atoms with Crippen molar-refractivity contribution in [2.24, 2.45) is 0 Å². The Balaban J connectivity index is 1.58. The van der Waals surface area contributed by atoms with Gasteiger partial charge in [-0.15, -0.1) is 0 Å². The van der Waals surface area contributed by atoms with E-state index in [1.807, 2.05) is 6.07 Å². The van der Waals surface area contributed by atoms with Gasteiger partial charge in [0.2, 0.25) is 0 Å². The Morgan fingerprint density at radius 1 is 1.35 bits per heavy atom. The van der Waals surface area contributed by atoms with Crippen molar-refractivity contribution in [3.8, 4) is 5.75 Å². The molecule has 2 aliphatic heterocycles. The molecule has 0 saturated carbocycles. The predicted octanol–water partition coefficient (Wildman–Crippen LogP) is 1.08. The van der Waals surface area contributed by atoms with E-state index in [-0.39, 0.29) is 10.6 Å². The average molecular weight is 320 g/mol. The fourth-order valence-corrected chi connectivity index (χ4v) is 3.47.